The number of unbranched alkanes of at least 4 members (excludes halogenated alkanes) is 2. The summed E-state index contributed by atoms with van der Waals surface area (Å²) in [5, 5.41) is 20.8. The topological polar surface area (TPSA) is 40.5 Å². The first kappa shape index (κ1) is 17.9. The first-order valence-electron chi connectivity index (χ1n) is 10.0. The lowest BCUT2D eigenvalue weighted by molar-refractivity contribution is 0.0870. The third-order valence-electron chi connectivity index (χ3n) is 6.60. The van der Waals surface area contributed by atoms with Crippen molar-refractivity contribution in [1.82, 2.24) is 0 Å². The predicted molar refractivity (Wildman–Crippen MR) is 99.1 cm³/mol. The van der Waals surface area contributed by atoms with Crippen LogP contribution in [0.3, 0.4) is 0 Å². The van der Waals surface area contributed by atoms with Gasteiger partial charge in [-0.25, -0.2) is 0 Å². The second kappa shape index (κ2) is 8.01. The molecule has 0 amide bonds. The number of benzene rings is 1. The van der Waals surface area contributed by atoms with E-state index in [1.807, 2.05) is 0 Å². The van der Waals surface area contributed by atoms with Gasteiger partial charge in [0.25, 0.3) is 0 Å². The van der Waals surface area contributed by atoms with Crippen molar-refractivity contribution in [2.45, 2.75) is 83.8 Å². The van der Waals surface area contributed by atoms with Gasteiger partial charge in [-0.2, -0.15) is 0 Å². The highest BCUT2D eigenvalue weighted by atomic mass is 16.3. The molecule has 4 unspecified atom stereocenters. The normalized spacial score (nSPS) is 30.0. The van der Waals surface area contributed by atoms with Gasteiger partial charge in [0.05, 0.1) is 12.2 Å². The smallest absolute Gasteiger partial charge is 0.0574 e. The van der Waals surface area contributed by atoms with Crippen LogP contribution in [0.2, 0.25) is 0 Å². The fourth-order valence-corrected chi connectivity index (χ4v) is 5.18. The van der Waals surface area contributed by atoms with Crippen LogP contribution in [0.15, 0.2) is 18.2 Å². The summed E-state index contributed by atoms with van der Waals surface area (Å²) in [5.41, 5.74) is 4.44. The number of fused-ring (bicyclic) bond motifs is 2. The van der Waals surface area contributed by atoms with E-state index < -0.39 is 0 Å². The van der Waals surface area contributed by atoms with Crippen LogP contribution >= 0.6 is 0 Å². The van der Waals surface area contributed by atoms with Crippen LogP contribution in [0.25, 0.3) is 0 Å². The Morgan fingerprint density at radius 2 is 2.00 bits per heavy atom. The molecule has 134 valence electrons. The number of hydrogen-bond donors (Lipinski definition) is 2. The zero-order chi connectivity index (χ0) is 17.1. The largest absolute Gasteiger partial charge is 0.393 e. The van der Waals surface area contributed by atoms with Crippen molar-refractivity contribution in [3.05, 3.63) is 34.9 Å². The van der Waals surface area contributed by atoms with Gasteiger partial charge in [-0.3, -0.25) is 0 Å². The molecule has 1 fully saturated rings. The van der Waals surface area contributed by atoms with Crippen molar-refractivity contribution in [3.63, 3.8) is 0 Å². The summed E-state index contributed by atoms with van der Waals surface area (Å²) in [7, 11) is 0. The molecule has 5 atom stereocenters. The van der Waals surface area contributed by atoms with Gasteiger partial charge in [0, 0.05) is 0 Å². The minimum absolute atomic E-state index is 0.169. The van der Waals surface area contributed by atoms with Crippen LogP contribution < -0.4 is 0 Å². The molecule has 1 saturated carbocycles. The molecule has 1 aromatic rings. The van der Waals surface area contributed by atoms with E-state index in [0.29, 0.717) is 17.8 Å². The second-order valence-electron chi connectivity index (χ2n) is 8.24. The molecule has 2 N–H and O–H groups in total. The van der Waals surface area contributed by atoms with E-state index in [0.717, 1.165) is 44.9 Å². The highest BCUT2D eigenvalue weighted by Crippen LogP contribution is 2.47. The molecule has 0 radical (unpaired) electrons. The summed E-state index contributed by atoms with van der Waals surface area (Å²) >= 11 is 0. The third kappa shape index (κ3) is 3.86. The van der Waals surface area contributed by atoms with Gasteiger partial charge in [-0.15, -0.1) is 0 Å². The van der Waals surface area contributed by atoms with E-state index in [2.05, 4.69) is 32.0 Å². The lowest BCUT2D eigenvalue weighted by Gasteiger charge is -2.32. The second-order valence-corrected chi connectivity index (χ2v) is 8.24. The first-order valence-corrected chi connectivity index (χ1v) is 10.0. The summed E-state index contributed by atoms with van der Waals surface area (Å²) in [4.78, 5) is 0. The Morgan fingerprint density at radius 3 is 2.79 bits per heavy atom. The van der Waals surface area contributed by atoms with Gasteiger partial charge in [-0.1, -0.05) is 44.4 Å². The van der Waals surface area contributed by atoms with Gasteiger partial charge in [0.15, 0.2) is 0 Å². The summed E-state index contributed by atoms with van der Waals surface area (Å²) in [5.74, 6) is 1.62. The SMILES string of the molecule is CCCCC[C@H](O)CCC1C(O)CC2Cc3c(C)cccc3CC21. The van der Waals surface area contributed by atoms with Crippen LogP contribution in [-0.4, -0.2) is 22.4 Å². The predicted octanol–water partition coefficient (Wildman–Crippen LogP) is 4.43. The fourth-order valence-electron chi connectivity index (χ4n) is 5.18. The molecule has 3 rings (SSSR count). The average Bonchev–Trinajstić information content (AvgIpc) is 2.86. The molecule has 24 heavy (non-hydrogen) atoms. The van der Waals surface area contributed by atoms with Gasteiger partial charge >= 0.3 is 0 Å². The minimum Gasteiger partial charge on any atom is -0.393 e. The van der Waals surface area contributed by atoms with E-state index in [1.54, 1.807) is 0 Å². The number of aliphatic hydroxyl groups excluding tert-OH is 2. The molecule has 0 aliphatic heterocycles. The average molecular weight is 331 g/mol. The Labute approximate surface area is 147 Å². The zero-order valence-electron chi connectivity index (χ0n) is 15.4. The maximum atomic E-state index is 10.6. The van der Waals surface area contributed by atoms with Gasteiger partial charge < -0.3 is 10.2 Å². The first-order chi connectivity index (χ1) is 11.6. The van der Waals surface area contributed by atoms with Crippen LogP contribution in [0, 0.1) is 24.7 Å². The van der Waals surface area contributed by atoms with Gasteiger partial charge in [0.1, 0.15) is 0 Å². The third-order valence-corrected chi connectivity index (χ3v) is 6.60. The molecule has 0 heterocycles. The maximum Gasteiger partial charge on any atom is 0.0574 e. The van der Waals surface area contributed by atoms with Crippen molar-refractivity contribution in [2.75, 3.05) is 0 Å². The number of hydrogen-bond acceptors (Lipinski definition) is 2. The summed E-state index contributed by atoms with van der Waals surface area (Å²) in [6.45, 7) is 4.42. The molecule has 0 bridgehead atoms. The van der Waals surface area contributed by atoms with Crippen LogP contribution in [-0.2, 0) is 12.8 Å². The molecule has 2 aliphatic carbocycles. The molecule has 0 aromatic heterocycles. The molecule has 2 aliphatic rings. The van der Waals surface area contributed by atoms with E-state index in [4.69, 9.17) is 0 Å². The van der Waals surface area contributed by atoms with Crippen molar-refractivity contribution in [2.24, 2.45) is 17.8 Å². The monoisotopic (exact) mass is 330 g/mol. The van der Waals surface area contributed by atoms with Crippen molar-refractivity contribution < 1.29 is 10.2 Å². The Balaban J connectivity index is 1.59. The zero-order valence-corrected chi connectivity index (χ0v) is 15.4. The van der Waals surface area contributed by atoms with Crippen molar-refractivity contribution >= 4 is 0 Å². The Bertz CT molecular complexity index is 539. The molecule has 2 nitrogen and oxygen atoms in total. The van der Waals surface area contributed by atoms with Crippen LogP contribution in [0.1, 0.15) is 68.6 Å². The molecule has 1 aromatic carbocycles. The highest BCUT2D eigenvalue weighted by Gasteiger charge is 2.44. The molecule has 2 heteroatoms. The van der Waals surface area contributed by atoms with E-state index in [-0.39, 0.29) is 12.2 Å². The molecular weight excluding hydrogens is 296 g/mol. The van der Waals surface area contributed by atoms with E-state index in [9.17, 15) is 10.2 Å². The van der Waals surface area contributed by atoms with E-state index >= 15 is 0 Å². The maximum absolute atomic E-state index is 10.6. The Morgan fingerprint density at radius 1 is 1.17 bits per heavy atom. The highest BCUT2D eigenvalue weighted by molar-refractivity contribution is 5.37. The lowest BCUT2D eigenvalue weighted by Crippen LogP contribution is -2.28. The summed E-state index contributed by atoms with van der Waals surface area (Å²) in [6, 6.07) is 6.67. The van der Waals surface area contributed by atoms with E-state index in [1.165, 1.54) is 29.5 Å². The van der Waals surface area contributed by atoms with Gasteiger partial charge in [0.2, 0.25) is 0 Å². The quantitative estimate of drug-likeness (QED) is 0.726. The summed E-state index contributed by atoms with van der Waals surface area (Å²) in [6.07, 6.45) is 9.17. The number of aliphatic hydroxyl groups is 2. The van der Waals surface area contributed by atoms with Gasteiger partial charge in [-0.05, 0) is 79.9 Å². The lowest BCUT2D eigenvalue weighted by atomic mass is 9.73. The Kier molecular flexibility index (Phi) is 5.99. The molecular formula is C22H34O2. The van der Waals surface area contributed by atoms with Crippen LogP contribution in [0.4, 0.5) is 0 Å². The summed E-state index contributed by atoms with van der Waals surface area (Å²) < 4.78 is 0. The Hall–Kier alpha value is -0.860. The van der Waals surface area contributed by atoms with Crippen molar-refractivity contribution in [3.8, 4) is 0 Å². The number of aryl methyl sites for hydroxylation is 1. The molecule has 0 saturated heterocycles. The fraction of sp³-hybridized carbons (Fsp3) is 0.727. The van der Waals surface area contributed by atoms with Crippen LogP contribution in [0.5, 0.6) is 0 Å². The number of rotatable bonds is 7. The standard InChI is InChI=1S/C22H34O2/c1-3-4-5-9-18(23)10-11-19-21-12-16-8-6-7-15(2)20(16)13-17(21)14-22(19)24/h6-8,17-19,21-24H,3-5,9-14H2,1-2H3/t17?,18-,19?,21?,22?/m0/s1. The van der Waals surface area contributed by atoms with Crippen molar-refractivity contribution in [1.29, 1.82) is 0 Å². The minimum atomic E-state index is -0.180. The molecule has 0 spiro atoms.